The highest BCUT2D eigenvalue weighted by atomic mass is 16.5. The number of aromatic hydroxyl groups is 1. The van der Waals surface area contributed by atoms with Crippen LogP contribution in [0, 0.1) is 23.7 Å². The summed E-state index contributed by atoms with van der Waals surface area (Å²) in [5, 5.41) is 10.4. The number of carbonyl (C=O) groups excluding carboxylic acids is 2. The molecule has 4 aliphatic rings. The molecule has 3 fully saturated rings. The second kappa shape index (κ2) is 11.4. The summed E-state index contributed by atoms with van der Waals surface area (Å²) in [7, 11) is 0. The number of amides is 2. The summed E-state index contributed by atoms with van der Waals surface area (Å²) in [6, 6.07) is 17.8. The number of phenolic OH excluding ortho intramolecular Hbond substituents is 1. The summed E-state index contributed by atoms with van der Waals surface area (Å²) in [5.41, 5.74) is 5.68. The molecule has 5 heteroatoms. The number of phenols is 1. The fourth-order valence-corrected chi connectivity index (χ4v) is 7.72. The minimum Gasteiger partial charge on any atom is -0.507 e. The number of allylic oxidation sites excluding steroid dienone is 2. The lowest BCUT2D eigenvalue weighted by Crippen LogP contribution is -2.42. The van der Waals surface area contributed by atoms with Gasteiger partial charge in [-0.25, -0.2) is 0 Å². The fourth-order valence-electron chi connectivity index (χ4n) is 7.72. The molecule has 2 amide bonds. The molecule has 2 aromatic carbocycles. The normalized spacial score (nSPS) is 27.5. The smallest absolute Gasteiger partial charge is 0.234 e. The molecule has 1 saturated carbocycles. The molecule has 6 rings (SSSR count). The third-order valence-electron chi connectivity index (χ3n) is 9.70. The molecule has 1 N–H and O–H groups in total. The summed E-state index contributed by atoms with van der Waals surface area (Å²) >= 11 is 0. The maximum atomic E-state index is 13.9. The molecule has 2 heterocycles. The Kier molecular flexibility index (Phi) is 7.67. The van der Waals surface area contributed by atoms with Crippen LogP contribution in [0.3, 0.4) is 0 Å². The van der Waals surface area contributed by atoms with E-state index in [2.05, 4.69) is 32.1 Å². The van der Waals surface area contributed by atoms with Crippen molar-refractivity contribution in [2.24, 2.45) is 23.7 Å². The Bertz CT molecular complexity index is 1320. The van der Waals surface area contributed by atoms with Crippen molar-refractivity contribution in [2.45, 2.75) is 77.4 Å². The van der Waals surface area contributed by atoms with E-state index in [1.807, 2.05) is 36.4 Å². The number of imide groups is 1. The van der Waals surface area contributed by atoms with E-state index >= 15 is 0 Å². The molecule has 0 spiro atoms. The molecular formula is C35H41NO4. The van der Waals surface area contributed by atoms with Crippen LogP contribution >= 0.6 is 0 Å². The number of rotatable bonds is 7. The minimum atomic E-state index is -0.276. The Hall–Kier alpha value is -3.18. The maximum Gasteiger partial charge on any atom is 0.234 e. The Balaban J connectivity index is 1.27. The average molecular weight is 540 g/mol. The molecule has 40 heavy (non-hydrogen) atoms. The molecule has 2 aromatic rings. The molecule has 5 nitrogen and oxygen atoms in total. The van der Waals surface area contributed by atoms with Gasteiger partial charge in [0.25, 0.3) is 0 Å². The van der Waals surface area contributed by atoms with Crippen molar-refractivity contribution in [1.29, 1.82) is 0 Å². The number of nitrogens with zero attached hydrogens (tertiary/aromatic N) is 1. The van der Waals surface area contributed by atoms with Gasteiger partial charge in [0.1, 0.15) is 5.75 Å². The van der Waals surface area contributed by atoms with Crippen LogP contribution in [0.2, 0.25) is 0 Å². The van der Waals surface area contributed by atoms with Gasteiger partial charge in [0.05, 0.1) is 24.5 Å². The van der Waals surface area contributed by atoms with Crippen LogP contribution in [0.4, 0.5) is 0 Å². The van der Waals surface area contributed by atoms with Gasteiger partial charge >= 0.3 is 0 Å². The summed E-state index contributed by atoms with van der Waals surface area (Å²) < 4.78 is 6.50. The van der Waals surface area contributed by atoms with E-state index in [9.17, 15) is 14.7 Å². The topological polar surface area (TPSA) is 66.8 Å². The van der Waals surface area contributed by atoms with Crippen LogP contribution < -0.4 is 0 Å². The lowest BCUT2D eigenvalue weighted by molar-refractivity contribution is -0.143. The molecule has 0 radical (unpaired) electrons. The maximum absolute atomic E-state index is 13.9. The van der Waals surface area contributed by atoms with Gasteiger partial charge < -0.3 is 9.84 Å². The number of fused-ring (bicyclic) bond motifs is 3. The Morgan fingerprint density at radius 3 is 2.42 bits per heavy atom. The van der Waals surface area contributed by atoms with Gasteiger partial charge in [-0.1, -0.05) is 87.2 Å². The zero-order valence-electron chi connectivity index (χ0n) is 23.7. The van der Waals surface area contributed by atoms with Gasteiger partial charge in [-0.2, -0.15) is 0 Å². The van der Waals surface area contributed by atoms with Crippen molar-refractivity contribution < 1.29 is 19.4 Å². The van der Waals surface area contributed by atoms with Gasteiger partial charge in [0.15, 0.2) is 0 Å². The van der Waals surface area contributed by atoms with Gasteiger partial charge in [-0.3, -0.25) is 14.5 Å². The summed E-state index contributed by atoms with van der Waals surface area (Å²) in [6.07, 6.45) is 9.56. The van der Waals surface area contributed by atoms with Crippen molar-refractivity contribution in [1.82, 2.24) is 4.90 Å². The second-order valence-electron chi connectivity index (χ2n) is 12.4. The Morgan fingerprint density at radius 1 is 0.975 bits per heavy atom. The number of carbonyl (C=O) groups is 2. The Labute approximate surface area is 237 Å². The number of hydrogen-bond acceptors (Lipinski definition) is 4. The molecule has 0 bridgehead atoms. The van der Waals surface area contributed by atoms with Crippen LogP contribution in [0.25, 0.3) is 11.6 Å². The van der Waals surface area contributed by atoms with Crippen LogP contribution in [0.15, 0.2) is 65.7 Å². The highest BCUT2D eigenvalue weighted by Gasteiger charge is 2.58. The summed E-state index contributed by atoms with van der Waals surface area (Å²) in [6.45, 7) is 4.93. The van der Waals surface area contributed by atoms with E-state index in [4.69, 9.17) is 4.74 Å². The van der Waals surface area contributed by atoms with Crippen molar-refractivity contribution >= 4 is 23.5 Å². The van der Waals surface area contributed by atoms with Crippen LogP contribution in [-0.2, 0) is 14.3 Å². The molecule has 0 unspecified atom stereocenters. The van der Waals surface area contributed by atoms with Crippen molar-refractivity contribution in [3.05, 3.63) is 76.9 Å². The first kappa shape index (κ1) is 27.0. The number of hydrogen-bond donors (Lipinski definition) is 1. The first-order chi connectivity index (χ1) is 19.4. The van der Waals surface area contributed by atoms with Gasteiger partial charge in [0.2, 0.25) is 11.8 Å². The zero-order chi connectivity index (χ0) is 27.8. The highest BCUT2D eigenvalue weighted by Crippen LogP contribution is 2.52. The van der Waals surface area contributed by atoms with E-state index < -0.39 is 0 Å². The first-order valence-corrected chi connectivity index (χ1v) is 15.2. The predicted molar refractivity (Wildman–Crippen MR) is 157 cm³/mol. The van der Waals surface area contributed by atoms with Gasteiger partial charge in [-0.15, -0.1) is 0 Å². The van der Waals surface area contributed by atoms with Gasteiger partial charge in [0, 0.05) is 17.5 Å². The third-order valence-corrected chi connectivity index (χ3v) is 9.70. The van der Waals surface area contributed by atoms with E-state index in [0.29, 0.717) is 18.9 Å². The molecule has 2 aliphatic carbocycles. The highest BCUT2D eigenvalue weighted by molar-refractivity contribution is 6.06. The first-order valence-electron chi connectivity index (χ1n) is 15.2. The second-order valence-corrected chi connectivity index (χ2v) is 12.4. The van der Waals surface area contributed by atoms with Crippen LogP contribution in [0.1, 0.15) is 76.3 Å². The molecule has 2 aliphatic heterocycles. The monoisotopic (exact) mass is 539 g/mol. The van der Waals surface area contributed by atoms with Crippen LogP contribution in [-0.4, -0.2) is 40.6 Å². The minimum absolute atomic E-state index is 0.00601. The predicted octanol–water partition coefficient (Wildman–Crippen LogP) is 7.02. The van der Waals surface area contributed by atoms with E-state index in [0.717, 1.165) is 55.2 Å². The molecule has 2 saturated heterocycles. The largest absolute Gasteiger partial charge is 0.507 e. The lowest BCUT2D eigenvalue weighted by atomic mass is 9.67. The number of ether oxygens (including phenoxy) is 1. The number of likely N-dealkylation sites (tertiary alicyclic amines) is 1. The quantitative estimate of drug-likeness (QED) is 0.233. The Morgan fingerprint density at radius 2 is 1.70 bits per heavy atom. The average Bonchev–Trinajstić information content (AvgIpc) is 3.50. The van der Waals surface area contributed by atoms with Crippen molar-refractivity contribution in [3.63, 3.8) is 0 Å². The summed E-state index contributed by atoms with van der Waals surface area (Å²) in [5.74, 6) is 0.183. The molecular weight excluding hydrogens is 498 g/mol. The van der Waals surface area contributed by atoms with Gasteiger partial charge in [-0.05, 0) is 66.9 Å². The molecule has 0 aromatic heterocycles. The standard InChI is InChI=1S/C35H41NO4/c1-22(2)27-20-28-33(35(39)36(34(28)38)26-14-7-4-8-15-26)29-21-40-31(32(27)29)18-17-24(23-11-5-3-6-12-23)19-25-13-9-10-16-30(25)37/h3,5-6,9-13,16,19,22,26,28-29,31,33,37H,4,7-8,14-15,17-18,20-21H2,1-2H3/b24-19-/t28-,29+,31-,33-/m1/s1. The van der Waals surface area contributed by atoms with E-state index in [1.165, 1.54) is 17.6 Å². The number of benzene rings is 2. The zero-order valence-corrected chi connectivity index (χ0v) is 23.7. The van der Waals surface area contributed by atoms with Crippen molar-refractivity contribution in [2.75, 3.05) is 6.61 Å². The summed E-state index contributed by atoms with van der Waals surface area (Å²) in [4.78, 5) is 29.2. The lowest BCUT2D eigenvalue weighted by Gasteiger charge is -2.33. The van der Waals surface area contributed by atoms with E-state index in [1.54, 1.807) is 11.0 Å². The van der Waals surface area contributed by atoms with Crippen molar-refractivity contribution in [3.8, 4) is 5.75 Å². The SMILES string of the molecule is CC(C)C1=C2[C@@H](CC/C(=C/c3ccccc3O)c3ccccc3)OC[C@@H]2[C@@H]2C(=O)N(C3CCCCC3)C(=O)[C@@H]2C1. The van der Waals surface area contributed by atoms with E-state index in [-0.39, 0.29) is 47.5 Å². The molecule has 210 valence electrons. The number of para-hydroxylation sites is 1. The molecule has 4 atom stereocenters. The fraction of sp³-hybridized carbons (Fsp3) is 0.486. The third kappa shape index (κ3) is 4.94. The van der Waals surface area contributed by atoms with Crippen LogP contribution in [0.5, 0.6) is 5.75 Å².